The van der Waals surface area contributed by atoms with Gasteiger partial charge in [0.05, 0.1) is 6.20 Å². The van der Waals surface area contributed by atoms with E-state index in [1.165, 1.54) is 0 Å². The number of hydrogen-bond donors (Lipinski definition) is 1. The molecule has 8 nitrogen and oxygen atoms in total. The Morgan fingerprint density at radius 1 is 1.16 bits per heavy atom. The molecule has 1 aliphatic rings. The third-order valence-corrected chi connectivity index (χ3v) is 6.38. The molecule has 0 spiro atoms. The van der Waals surface area contributed by atoms with Crippen LogP contribution in [0.5, 0.6) is 0 Å². The van der Waals surface area contributed by atoms with Crippen LogP contribution in [0.15, 0.2) is 49.1 Å². The van der Waals surface area contributed by atoms with Crippen molar-refractivity contribution in [1.82, 2.24) is 19.4 Å². The predicted molar refractivity (Wildman–Crippen MR) is 124 cm³/mol. The Morgan fingerprint density at radius 2 is 1.97 bits per heavy atom. The number of benzene rings is 1. The van der Waals surface area contributed by atoms with Gasteiger partial charge in [0.25, 0.3) is 0 Å². The average Bonchev–Trinajstić information content (AvgIpc) is 3.24. The van der Waals surface area contributed by atoms with Crippen molar-refractivity contribution in [2.24, 2.45) is 5.73 Å². The fourth-order valence-electron chi connectivity index (χ4n) is 4.41. The molecule has 0 radical (unpaired) electrons. The van der Waals surface area contributed by atoms with Gasteiger partial charge in [0.2, 0.25) is 11.8 Å². The van der Waals surface area contributed by atoms with Crippen LogP contribution < -0.4 is 10.6 Å². The normalized spacial score (nSPS) is 14.6. The first-order valence-electron chi connectivity index (χ1n) is 11.2. The Morgan fingerprint density at radius 3 is 2.69 bits per heavy atom. The zero-order valence-electron chi connectivity index (χ0n) is 18.5. The summed E-state index contributed by atoms with van der Waals surface area (Å²) >= 11 is 0. The largest absolute Gasteiger partial charge is 0.366 e. The van der Waals surface area contributed by atoms with E-state index < -0.39 is 5.91 Å². The summed E-state index contributed by atoms with van der Waals surface area (Å²) in [5.41, 5.74) is 6.92. The van der Waals surface area contributed by atoms with Gasteiger partial charge in [-0.15, -0.1) is 0 Å². The van der Waals surface area contributed by atoms with Gasteiger partial charge in [-0.1, -0.05) is 6.07 Å². The second kappa shape index (κ2) is 9.80. The molecule has 8 heteroatoms. The van der Waals surface area contributed by atoms with Crippen LogP contribution in [0.4, 0.5) is 5.82 Å². The molecule has 4 rings (SSSR count). The van der Waals surface area contributed by atoms with E-state index in [0.29, 0.717) is 12.0 Å². The Hall–Kier alpha value is -3.42. The van der Waals surface area contributed by atoms with Crippen LogP contribution in [-0.4, -0.2) is 57.4 Å². The SMILES string of the molecule is CN(C(=O)CCCCn1ccc2ccc(C(N)=O)cc21)C1CCN(c2cnccn2)CC1. The molecular weight excluding hydrogens is 404 g/mol. The summed E-state index contributed by atoms with van der Waals surface area (Å²) in [5, 5.41) is 1.08. The van der Waals surface area contributed by atoms with E-state index in [9.17, 15) is 9.59 Å². The molecule has 1 aliphatic heterocycles. The lowest BCUT2D eigenvalue weighted by Crippen LogP contribution is -2.45. The van der Waals surface area contributed by atoms with Gasteiger partial charge in [-0.25, -0.2) is 4.98 Å². The second-order valence-electron chi connectivity index (χ2n) is 8.39. The highest BCUT2D eigenvalue weighted by Gasteiger charge is 2.25. The minimum atomic E-state index is -0.421. The average molecular weight is 435 g/mol. The summed E-state index contributed by atoms with van der Waals surface area (Å²) in [6.45, 7) is 2.57. The topological polar surface area (TPSA) is 97.4 Å². The lowest BCUT2D eigenvalue weighted by Gasteiger charge is -2.37. The van der Waals surface area contributed by atoms with Crippen molar-refractivity contribution < 1.29 is 9.59 Å². The van der Waals surface area contributed by atoms with Crippen LogP contribution in [0.25, 0.3) is 10.9 Å². The summed E-state index contributed by atoms with van der Waals surface area (Å²) in [7, 11) is 1.93. The van der Waals surface area contributed by atoms with Crippen LogP contribution in [0.3, 0.4) is 0 Å². The summed E-state index contributed by atoms with van der Waals surface area (Å²) in [6.07, 6.45) is 11.4. The van der Waals surface area contributed by atoms with Crippen LogP contribution in [0.2, 0.25) is 0 Å². The van der Waals surface area contributed by atoms with Crippen LogP contribution >= 0.6 is 0 Å². The second-order valence-corrected chi connectivity index (χ2v) is 8.39. The van der Waals surface area contributed by atoms with Crippen molar-refractivity contribution >= 4 is 28.5 Å². The third-order valence-electron chi connectivity index (χ3n) is 6.38. The molecule has 2 amide bonds. The molecule has 3 aromatic rings. The van der Waals surface area contributed by atoms with E-state index in [4.69, 9.17) is 5.73 Å². The summed E-state index contributed by atoms with van der Waals surface area (Å²) in [4.78, 5) is 36.8. The van der Waals surface area contributed by atoms with Gasteiger partial charge in [0.1, 0.15) is 5.82 Å². The van der Waals surface area contributed by atoms with Gasteiger partial charge < -0.3 is 20.1 Å². The van der Waals surface area contributed by atoms with Crippen molar-refractivity contribution in [1.29, 1.82) is 0 Å². The first-order chi connectivity index (χ1) is 15.5. The number of anilines is 1. The molecule has 3 heterocycles. The molecule has 2 N–H and O–H groups in total. The number of aromatic nitrogens is 3. The van der Waals surface area contributed by atoms with Gasteiger partial charge in [0, 0.05) is 68.8 Å². The van der Waals surface area contributed by atoms with E-state index in [-0.39, 0.29) is 11.9 Å². The van der Waals surface area contributed by atoms with E-state index in [1.54, 1.807) is 24.7 Å². The lowest BCUT2D eigenvalue weighted by molar-refractivity contribution is -0.132. The maximum atomic E-state index is 12.7. The minimum absolute atomic E-state index is 0.205. The lowest BCUT2D eigenvalue weighted by atomic mass is 10.0. The van der Waals surface area contributed by atoms with Crippen molar-refractivity contribution in [3.05, 3.63) is 54.6 Å². The zero-order chi connectivity index (χ0) is 22.5. The van der Waals surface area contributed by atoms with Crippen LogP contribution in [-0.2, 0) is 11.3 Å². The molecule has 32 heavy (non-hydrogen) atoms. The molecule has 1 saturated heterocycles. The molecular formula is C24H30N6O2. The van der Waals surface area contributed by atoms with Crippen molar-refractivity contribution in [2.75, 3.05) is 25.0 Å². The highest BCUT2D eigenvalue weighted by molar-refractivity contribution is 5.97. The van der Waals surface area contributed by atoms with Gasteiger partial charge >= 0.3 is 0 Å². The zero-order valence-corrected chi connectivity index (χ0v) is 18.5. The van der Waals surface area contributed by atoms with Gasteiger partial charge in [-0.3, -0.25) is 14.6 Å². The maximum absolute atomic E-state index is 12.7. The molecule has 0 aliphatic carbocycles. The number of nitrogens with zero attached hydrogens (tertiary/aromatic N) is 5. The quantitative estimate of drug-likeness (QED) is 0.550. The number of nitrogens with two attached hydrogens (primary N) is 1. The molecule has 0 saturated carbocycles. The molecule has 2 aromatic heterocycles. The standard InChI is InChI=1S/C24H30N6O2/c1-28(20-8-14-30(15-9-20)22-17-26-10-11-27-22)23(31)4-2-3-12-29-13-7-18-5-6-19(24(25)32)16-21(18)29/h5-7,10-11,13,16-17,20H,2-4,8-9,12,14-15H2,1H3,(H2,25,32). The Kier molecular flexibility index (Phi) is 6.68. The monoisotopic (exact) mass is 434 g/mol. The number of amides is 2. The highest BCUT2D eigenvalue weighted by Crippen LogP contribution is 2.21. The van der Waals surface area contributed by atoms with Crippen LogP contribution in [0, 0.1) is 0 Å². The number of aryl methyl sites for hydroxylation is 1. The Bertz CT molecular complexity index is 1070. The molecule has 1 aromatic carbocycles. The molecule has 0 bridgehead atoms. The molecule has 168 valence electrons. The summed E-state index contributed by atoms with van der Waals surface area (Å²) < 4.78 is 2.12. The van der Waals surface area contributed by atoms with Crippen LogP contribution in [0.1, 0.15) is 42.5 Å². The van der Waals surface area contributed by atoms with E-state index in [2.05, 4.69) is 19.4 Å². The summed E-state index contributed by atoms with van der Waals surface area (Å²) in [5.74, 6) is 0.688. The number of unbranched alkanes of at least 4 members (excludes halogenated alkanes) is 1. The predicted octanol–water partition coefficient (Wildman–Crippen LogP) is 2.83. The number of primary amides is 1. The van der Waals surface area contributed by atoms with Gasteiger partial charge in [-0.05, 0) is 49.3 Å². The minimum Gasteiger partial charge on any atom is -0.366 e. The van der Waals surface area contributed by atoms with E-state index in [0.717, 1.165) is 62.0 Å². The smallest absolute Gasteiger partial charge is 0.248 e. The third kappa shape index (κ3) is 4.90. The van der Waals surface area contributed by atoms with E-state index >= 15 is 0 Å². The first kappa shape index (κ1) is 21.8. The van der Waals surface area contributed by atoms with Crippen molar-refractivity contribution in [3.8, 4) is 0 Å². The maximum Gasteiger partial charge on any atom is 0.248 e. The first-order valence-corrected chi connectivity index (χ1v) is 11.2. The number of piperidine rings is 1. The highest BCUT2D eigenvalue weighted by atomic mass is 16.2. The van der Waals surface area contributed by atoms with E-state index in [1.807, 2.05) is 36.3 Å². The number of hydrogen-bond acceptors (Lipinski definition) is 5. The molecule has 0 atom stereocenters. The Balaban J connectivity index is 1.23. The fourth-order valence-corrected chi connectivity index (χ4v) is 4.41. The summed E-state index contributed by atoms with van der Waals surface area (Å²) in [6, 6.07) is 7.81. The van der Waals surface area contributed by atoms with Gasteiger partial charge in [0.15, 0.2) is 0 Å². The fraction of sp³-hybridized carbons (Fsp3) is 0.417. The number of carbonyl (C=O) groups is 2. The number of rotatable bonds is 8. The Labute approximate surface area is 188 Å². The number of carbonyl (C=O) groups excluding carboxylic acids is 2. The molecule has 0 unspecified atom stereocenters. The van der Waals surface area contributed by atoms with Crippen molar-refractivity contribution in [2.45, 2.75) is 44.7 Å². The van der Waals surface area contributed by atoms with Gasteiger partial charge in [-0.2, -0.15) is 0 Å². The van der Waals surface area contributed by atoms with Crippen molar-refractivity contribution in [3.63, 3.8) is 0 Å². The molecule has 1 fully saturated rings. The number of fused-ring (bicyclic) bond motifs is 1.